The van der Waals surface area contributed by atoms with Crippen molar-refractivity contribution in [2.45, 2.75) is 66.1 Å². The Hall–Kier alpha value is -2.33. The van der Waals surface area contributed by atoms with Gasteiger partial charge in [0.1, 0.15) is 6.04 Å². The highest BCUT2D eigenvalue weighted by atomic mass is 35.5. The first-order valence-electron chi connectivity index (χ1n) is 10.1. The number of benzene rings is 2. The van der Waals surface area contributed by atoms with Crippen LogP contribution in [-0.2, 0) is 22.6 Å². The monoisotopic (exact) mass is 414 g/mol. The summed E-state index contributed by atoms with van der Waals surface area (Å²) < 4.78 is 0. The molecule has 4 nitrogen and oxygen atoms in total. The SMILES string of the molecule is CC[C@@H](C)NC(=O)[C@@H](C)N(Cc1cccc(Cl)c1)C(=O)Cc1cc(C)cc(C)c1. The molecular weight excluding hydrogens is 384 g/mol. The zero-order chi connectivity index (χ0) is 21.6. The van der Waals surface area contributed by atoms with Crippen molar-refractivity contribution in [3.63, 3.8) is 0 Å². The number of carbonyl (C=O) groups excluding carboxylic acids is 2. The smallest absolute Gasteiger partial charge is 0.242 e. The van der Waals surface area contributed by atoms with Crippen molar-refractivity contribution in [1.82, 2.24) is 10.2 Å². The van der Waals surface area contributed by atoms with Gasteiger partial charge >= 0.3 is 0 Å². The van der Waals surface area contributed by atoms with Crippen LogP contribution in [0.5, 0.6) is 0 Å². The van der Waals surface area contributed by atoms with Crippen molar-refractivity contribution < 1.29 is 9.59 Å². The maximum Gasteiger partial charge on any atom is 0.242 e. The zero-order valence-electron chi connectivity index (χ0n) is 18.0. The van der Waals surface area contributed by atoms with Gasteiger partial charge in [-0.1, -0.05) is 60.0 Å². The largest absolute Gasteiger partial charge is 0.352 e. The van der Waals surface area contributed by atoms with Gasteiger partial charge in [0.15, 0.2) is 0 Å². The van der Waals surface area contributed by atoms with E-state index in [2.05, 4.69) is 11.4 Å². The Morgan fingerprint density at radius 2 is 1.69 bits per heavy atom. The van der Waals surface area contributed by atoms with Crippen molar-refractivity contribution in [2.75, 3.05) is 0 Å². The molecule has 2 aromatic carbocycles. The second-order valence-corrected chi connectivity index (χ2v) is 8.25. The minimum Gasteiger partial charge on any atom is -0.352 e. The van der Waals surface area contributed by atoms with E-state index < -0.39 is 6.04 Å². The number of nitrogens with zero attached hydrogens (tertiary/aromatic N) is 1. The molecular formula is C24H31ClN2O2. The minimum atomic E-state index is -0.582. The van der Waals surface area contributed by atoms with Gasteiger partial charge in [-0.25, -0.2) is 0 Å². The van der Waals surface area contributed by atoms with E-state index in [4.69, 9.17) is 11.6 Å². The minimum absolute atomic E-state index is 0.0625. The molecule has 0 fully saturated rings. The van der Waals surface area contributed by atoms with E-state index in [1.807, 2.05) is 58.0 Å². The van der Waals surface area contributed by atoms with Gasteiger partial charge in [-0.15, -0.1) is 0 Å². The summed E-state index contributed by atoms with van der Waals surface area (Å²) >= 11 is 6.12. The summed E-state index contributed by atoms with van der Waals surface area (Å²) in [5.41, 5.74) is 4.10. The van der Waals surface area contributed by atoms with Crippen LogP contribution in [0.1, 0.15) is 49.4 Å². The molecule has 0 aliphatic heterocycles. The van der Waals surface area contributed by atoms with Gasteiger partial charge in [-0.05, 0) is 57.4 Å². The molecule has 0 radical (unpaired) electrons. The second kappa shape index (κ2) is 10.4. The Balaban J connectivity index is 2.26. The fraction of sp³-hybridized carbons (Fsp3) is 0.417. The van der Waals surface area contributed by atoms with Crippen LogP contribution in [0, 0.1) is 13.8 Å². The summed E-state index contributed by atoms with van der Waals surface area (Å²) in [4.78, 5) is 27.6. The number of halogens is 1. The lowest BCUT2D eigenvalue weighted by atomic mass is 10.0. The lowest BCUT2D eigenvalue weighted by Crippen LogP contribution is -2.49. The topological polar surface area (TPSA) is 49.4 Å². The summed E-state index contributed by atoms with van der Waals surface area (Å²) in [7, 11) is 0. The molecule has 0 bridgehead atoms. The molecule has 0 spiro atoms. The van der Waals surface area contributed by atoms with Crippen molar-refractivity contribution in [2.24, 2.45) is 0 Å². The van der Waals surface area contributed by atoms with E-state index in [-0.39, 0.29) is 24.3 Å². The molecule has 0 aliphatic rings. The molecule has 2 aromatic rings. The first-order chi connectivity index (χ1) is 13.7. The van der Waals surface area contributed by atoms with Gasteiger partial charge < -0.3 is 10.2 Å². The third-order valence-electron chi connectivity index (χ3n) is 5.05. The molecule has 29 heavy (non-hydrogen) atoms. The van der Waals surface area contributed by atoms with Crippen molar-refractivity contribution in [3.8, 4) is 0 Å². The normalized spacial score (nSPS) is 12.9. The Labute approximate surface area is 179 Å². The van der Waals surface area contributed by atoms with Crippen molar-refractivity contribution >= 4 is 23.4 Å². The van der Waals surface area contributed by atoms with Crippen LogP contribution in [-0.4, -0.2) is 28.8 Å². The van der Waals surface area contributed by atoms with Crippen LogP contribution in [0.4, 0.5) is 0 Å². The highest BCUT2D eigenvalue weighted by molar-refractivity contribution is 6.30. The molecule has 2 atom stereocenters. The molecule has 0 aliphatic carbocycles. The number of aryl methyl sites for hydroxylation is 2. The van der Waals surface area contributed by atoms with Crippen LogP contribution in [0.15, 0.2) is 42.5 Å². The summed E-state index contributed by atoms with van der Waals surface area (Å²) in [6, 6.07) is 13.0. The third-order valence-corrected chi connectivity index (χ3v) is 5.28. The summed E-state index contributed by atoms with van der Waals surface area (Å²) in [5.74, 6) is -0.225. The predicted octanol–water partition coefficient (Wildman–Crippen LogP) is 4.83. The highest BCUT2D eigenvalue weighted by Gasteiger charge is 2.27. The highest BCUT2D eigenvalue weighted by Crippen LogP contribution is 2.17. The quantitative estimate of drug-likeness (QED) is 0.672. The molecule has 156 valence electrons. The number of hydrogen-bond acceptors (Lipinski definition) is 2. The fourth-order valence-corrected chi connectivity index (χ4v) is 3.54. The molecule has 0 heterocycles. The predicted molar refractivity (Wildman–Crippen MR) is 119 cm³/mol. The van der Waals surface area contributed by atoms with Gasteiger partial charge in [-0.3, -0.25) is 9.59 Å². The molecule has 0 saturated carbocycles. The zero-order valence-corrected chi connectivity index (χ0v) is 18.7. The van der Waals surface area contributed by atoms with Gasteiger partial charge in [0.05, 0.1) is 6.42 Å². The van der Waals surface area contributed by atoms with Gasteiger partial charge in [-0.2, -0.15) is 0 Å². The third kappa shape index (κ3) is 6.90. The lowest BCUT2D eigenvalue weighted by Gasteiger charge is -2.30. The van der Waals surface area contributed by atoms with Crippen LogP contribution < -0.4 is 5.32 Å². The molecule has 5 heteroatoms. The Morgan fingerprint density at radius 1 is 1.03 bits per heavy atom. The number of amides is 2. The molecule has 0 saturated heterocycles. The van der Waals surface area contributed by atoms with E-state index in [1.165, 1.54) is 0 Å². The van der Waals surface area contributed by atoms with Gasteiger partial charge in [0.25, 0.3) is 0 Å². The average molecular weight is 415 g/mol. The van der Waals surface area contributed by atoms with Crippen LogP contribution in [0.2, 0.25) is 5.02 Å². The number of hydrogen-bond donors (Lipinski definition) is 1. The maximum atomic E-state index is 13.2. The Morgan fingerprint density at radius 3 is 2.28 bits per heavy atom. The number of rotatable bonds is 8. The van der Waals surface area contributed by atoms with E-state index in [1.54, 1.807) is 17.9 Å². The van der Waals surface area contributed by atoms with Crippen molar-refractivity contribution in [3.05, 3.63) is 69.7 Å². The summed E-state index contributed by atoms with van der Waals surface area (Å²) in [6.07, 6.45) is 1.09. The molecule has 0 aromatic heterocycles. The van der Waals surface area contributed by atoms with E-state index in [0.717, 1.165) is 28.7 Å². The number of carbonyl (C=O) groups is 2. The van der Waals surface area contributed by atoms with Crippen molar-refractivity contribution in [1.29, 1.82) is 0 Å². The summed E-state index contributed by atoms with van der Waals surface area (Å²) in [6.45, 7) is 10.1. The molecule has 1 N–H and O–H groups in total. The molecule has 0 unspecified atom stereocenters. The van der Waals surface area contributed by atoms with Gasteiger partial charge in [0, 0.05) is 17.6 Å². The average Bonchev–Trinajstić information content (AvgIpc) is 2.64. The first kappa shape index (κ1) is 23.0. The fourth-order valence-electron chi connectivity index (χ4n) is 3.33. The second-order valence-electron chi connectivity index (χ2n) is 7.82. The lowest BCUT2D eigenvalue weighted by molar-refractivity contribution is -0.140. The summed E-state index contributed by atoms with van der Waals surface area (Å²) in [5, 5.41) is 3.60. The Bertz CT molecular complexity index is 845. The van der Waals surface area contributed by atoms with Crippen LogP contribution in [0.3, 0.4) is 0 Å². The van der Waals surface area contributed by atoms with E-state index in [9.17, 15) is 9.59 Å². The number of nitrogens with one attached hydrogen (secondary N) is 1. The van der Waals surface area contributed by atoms with E-state index in [0.29, 0.717) is 11.6 Å². The van der Waals surface area contributed by atoms with Crippen LogP contribution >= 0.6 is 11.6 Å². The van der Waals surface area contributed by atoms with E-state index >= 15 is 0 Å². The van der Waals surface area contributed by atoms with Gasteiger partial charge in [0.2, 0.25) is 11.8 Å². The first-order valence-corrected chi connectivity index (χ1v) is 10.5. The van der Waals surface area contributed by atoms with Crippen LogP contribution in [0.25, 0.3) is 0 Å². The molecule has 2 amide bonds. The molecule has 2 rings (SSSR count). The Kier molecular flexibility index (Phi) is 8.27. The standard InChI is InChI=1S/C24H31ClN2O2/c1-6-18(4)26-24(29)19(5)27(15-20-8-7-9-22(25)13-20)23(28)14-21-11-16(2)10-17(3)12-21/h7-13,18-19H,6,14-15H2,1-5H3,(H,26,29)/t18-,19-/m1/s1. The maximum absolute atomic E-state index is 13.2.